The number of hydrogen-bond donors (Lipinski definition) is 1. The van der Waals surface area contributed by atoms with E-state index in [0.29, 0.717) is 19.6 Å². The summed E-state index contributed by atoms with van der Waals surface area (Å²) in [5.74, 6) is -0.762. The minimum absolute atomic E-state index is 0.167. The molecule has 118 valence electrons. The molecular weight excluding hydrogens is 270 g/mol. The fourth-order valence-corrected chi connectivity index (χ4v) is 2.10. The van der Waals surface area contributed by atoms with E-state index in [1.165, 1.54) is 5.56 Å². The molecule has 0 saturated carbocycles. The standard InChI is InChI=1S/C16H25NO4/c1-20-10-8-17(9-11-21-2)13-15-5-3-4-14(12-15)6-7-16(18)19/h3-5,12H,6-11,13H2,1-2H3,(H,18,19). The van der Waals surface area contributed by atoms with Gasteiger partial charge in [-0.3, -0.25) is 9.69 Å². The van der Waals surface area contributed by atoms with Crippen molar-refractivity contribution >= 4 is 5.97 Å². The molecule has 0 aliphatic carbocycles. The predicted octanol–water partition coefficient (Wildman–Crippen LogP) is 1.80. The number of carbonyl (C=O) groups is 1. The Kier molecular flexibility index (Phi) is 8.66. The minimum atomic E-state index is -0.762. The van der Waals surface area contributed by atoms with E-state index in [2.05, 4.69) is 17.0 Å². The zero-order chi connectivity index (χ0) is 15.5. The van der Waals surface area contributed by atoms with Crippen molar-refractivity contribution in [2.75, 3.05) is 40.5 Å². The van der Waals surface area contributed by atoms with Gasteiger partial charge in [0, 0.05) is 40.3 Å². The van der Waals surface area contributed by atoms with E-state index < -0.39 is 5.97 Å². The zero-order valence-corrected chi connectivity index (χ0v) is 12.9. The number of rotatable bonds is 11. The number of carboxylic acids is 1. The van der Waals surface area contributed by atoms with Gasteiger partial charge in [0.2, 0.25) is 0 Å². The summed E-state index contributed by atoms with van der Waals surface area (Å²) >= 11 is 0. The fraction of sp³-hybridized carbons (Fsp3) is 0.562. The van der Waals surface area contributed by atoms with Crippen molar-refractivity contribution in [2.24, 2.45) is 0 Å². The average Bonchev–Trinajstić information content (AvgIpc) is 2.48. The van der Waals surface area contributed by atoms with Crippen LogP contribution in [-0.2, 0) is 27.2 Å². The third-order valence-electron chi connectivity index (χ3n) is 3.25. The van der Waals surface area contributed by atoms with Gasteiger partial charge in [-0.05, 0) is 17.5 Å². The van der Waals surface area contributed by atoms with Crippen molar-refractivity contribution in [3.05, 3.63) is 35.4 Å². The van der Waals surface area contributed by atoms with Crippen LogP contribution in [-0.4, -0.2) is 56.5 Å². The first-order chi connectivity index (χ1) is 10.2. The van der Waals surface area contributed by atoms with Crippen molar-refractivity contribution in [3.8, 4) is 0 Å². The van der Waals surface area contributed by atoms with Gasteiger partial charge in [-0.2, -0.15) is 0 Å². The van der Waals surface area contributed by atoms with Crippen LogP contribution in [0.3, 0.4) is 0 Å². The van der Waals surface area contributed by atoms with E-state index in [1.807, 2.05) is 12.1 Å². The molecule has 0 spiro atoms. The zero-order valence-electron chi connectivity index (χ0n) is 12.9. The Hall–Kier alpha value is -1.43. The van der Waals surface area contributed by atoms with Crippen LogP contribution in [0.1, 0.15) is 17.5 Å². The molecule has 0 unspecified atom stereocenters. The van der Waals surface area contributed by atoms with Crippen molar-refractivity contribution in [1.82, 2.24) is 4.90 Å². The number of carboxylic acid groups (broad SMARTS) is 1. The molecule has 0 bridgehead atoms. The molecule has 5 nitrogen and oxygen atoms in total. The predicted molar refractivity (Wildman–Crippen MR) is 81.4 cm³/mol. The van der Waals surface area contributed by atoms with Gasteiger partial charge in [-0.1, -0.05) is 24.3 Å². The highest BCUT2D eigenvalue weighted by atomic mass is 16.5. The van der Waals surface area contributed by atoms with Crippen molar-refractivity contribution in [3.63, 3.8) is 0 Å². The van der Waals surface area contributed by atoms with Gasteiger partial charge in [0.15, 0.2) is 0 Å². The highest BCUT2D eigenvalue weighted by molar-refractivity contribution is 5.67. The Labute approximate surface area is 126 Å². The molecule has 1 aromatic rings. The maximum atomic E-state index is 10.6. The topological polar surface area (TPSA) is 59.0 Å². The number of aliphatic carboxylic acids is 1. The van der Waals surface area contributed by atoms with Gasteiger partial charge in [-0.25, -0.2) is 0 Å². The Morgan fingerprint density at radius 2 is 1.76 bits per heavy atom. The number of nitrogens with zero attached hydrogens (tertiary/aromatic N) is 1. The minimum Gasteiger partial charge on any atom is -0.481 e. The molecule has 0 radical (unpaired) electrons. The molecule has 0 fully saturated rings. The molecule has 0 aromatic heterocycles. The lowest BCUT2D eigenvalue weighted by Crippen LogP contribution is -2.30. The number of hydrogen-bond acceptors (Lipinski definition) is 4. The van der Waals surface area contributed by atoms with Gasteiger partial charge in [0.25, 0.3) is 0 Å². The normalized spacial score (nSPS) is 11.0. The largest absolute Gasteiger partial charge is 0.481 e. The van der Waals surface area contributed by atoms with Gasteiger partial charge in [-0.15, -0.1) is 0 Å². The van der Waals surface area contributed by atoms with Gasteiger partial charge >= 0.3 is 5.97 Å². The Bertz CT molecular complexity index is 414. The molecule has 0 saturated heterocycles. The van der Waals surface area contributed by atoms with Crippen molar-refractivity contribution in [2.45, 2.75) is 19.4 Å². The molecule has 0 heterocycles. The van der Waals surface area contributed by atoms with Crippen LogP contribution in [0.2, 0.25) is 0 Å². The van der Waals surface area contributed by atoms with E-state index in [1.54, 1.807) is 14.2 Å². The molecular formula is C16H25NO4. The number of ether oxygens (including phenoxy) is 2. The molecule has 21 heavy (non-hydrogen) atoms. The monoisotopic (exact) mass is 295 g/mol. The molecule has 0 aliphatic heterocycles. The quantitative estimate of drug-likeness (QED) is 0.674. The van der Waals surface area contributed by atoms with Crippen molar-refractivity contribution in [1.29, 1.82) is 0 Å². The lowest BCUT2D eigenvalue weighted by atomic mass is 10.1. The summed E-state index contributed by atoms with van der Waals surface area (Å²) in [6, 6.07) is 8.10. The van der Waals surface area contributed by atoms with Gasteiger partial charge < -0.3 is 14.6 Å². The Balaban J connectivity index is 2.59. The molecule has 5 heteroatoms. The van der Waals surface area contributed by atoms with E-state index in [0.717, 1.165) is 25.2 Å². The van der Waals surface area contributed by atoms with Crippen LogP contribution in [0.5, 0.6) is 0 Å². The molecule has 0 amide bonds. The number of benzene rings is 1. The highest BCUT2D eigenvalue weighted by Gasteiger charge is 2.07. The summed E-state index contributed by atoms with van der Waals surface area (Å²) in [6.07, 6.45) is 0.736. The van der Waals surface area contributed by atoms with Crippen LogP contribution in [0, 0.1) is 0 Å². The highest BCUT2D eigenvalue weighted by Crippen LogP contribution is 2.10. The third kappa shape index (κ3) is 7.80. The summed E-state index contributed by atoms with van der Waals surface area (Å²) in [4.78, 5) is 12.9. The molecule has 0 aliphatic rings. The van der Waals surface area contributed by atoms with E-state index in [4.69, 9.17) is 14.6 Å². The Morgan fingerprint density at radius 1 is 1.14 bits per heavy atom. The number of methoxy groups -OCH3 is 2. The van der Waals surface area contributed by atoms with Crippen molar-refractivity contribution < 1.29 is 19.4 Å². The SMILES string of the molecule is COCCN(CCOC)Cc1cccc(CCC(=O)O)c1. The Morgan fingerprint density at radius 3 is 2.33 bits per heavy atom. The van der Waals surface area contributed by atoms with Crippen LogP contribution in [0.25, 0.3) is 0 Å². The molecule has 0 atom stereocenters. The summed E-state index contributed by atoms with van der Waals surface area (Å²) in [6.45, 7) is 3.87. The first kappa shape index (κ1) is 17.6. The third-order valence-corrected chi connectivity index (χ3v) is 3.25. The second-order valence-electron chi connectivity index (χ2n) is 4.98. The lowest BCUT2D eigenvalue weighted by Gasteiger charge is -2.22. The van der Waals surface area contributed by atoms with Gasteiger partial charge in [0.05, 0.1) is 13.2 Å². The average molecular weight is 295 g/mol. The van der Waals surface area contributed by atoms with Crippen LogP contribution >= 0.6 is 0 Å². The van der Waals surface area contributed by atoms with Crippen LogP contribution in [0.15, 0.2) is 24.3 Å². The second kappa shape index (κ2) is 10.3. The van der Waals surface area contributed by atoms with Crippen LogP contribution < -0.4 is 0 Å². The first-order valence-electron chi connectivity index (χ1n) is 7.15. The van der Waals surface area contributed by atoms with E-state index >= 15 is 0 Å². The molecule has 1 rings (SSSR count). The van der Waals surface area contributed by atoms with E-state index in [-0.39, 0.29) is 6.42 Å². The molecule has 1 aromatic carbocycles. The first-order valence-corrected chi connectivity index (χ1v) is 7.15. The maximum Gasteiger partial charge on any atom is 0.303 e. The second-order valence-corrected chi connectivity index (χ2v) is 4.98. The number of aryl methyl sites for hydroxylation is 1. The maximum absolute atomic E-state index is 10.6. The fourth-order valence-electron chi connectivity index (χ4n) is 2.10. The lowest BCUT2D eigenvalue weighted by molar-refractivity contribution is -0.136. The summed E-state index contributed by atoms with van der Waals surface area (Å²) in [5, 5.41) is 8.75. The smallest absolute Gasteiger partial charge is 0.303 e. The molecule has 1 N–H and O–H groups in total. The van der Waals surface area contributed by atoms with Gasteiger partial charge in [0.1, 0.15) is 0 Å². The summed E-state index contributed by atoms with van der Waals surface area (Å²) < 4.78 is 10.3. The van der Waals surface area contributed by atoms with E-state index in [9.17, 15) is 4.79 Å². The summed E-state index contributed by atoms with van der Waals surface area (Å²) in [5.41, 5.74) is 2.25. The van der Waals surface area contributed by atoms with Crippen LogP contribution in [0.4, 0.5) is 0 Å². The summed E-state index contributed by atoms with van der Waals surface area (Å²) in [7, 11) is 3.39.